The van der Waals surface area contributed by atoms with E-state index < -0.39 is 11.7 Å². The van der Waals surface area contributed by atoms with Crippen LogP contribution in [-0.2, 0) is 16.1 Å². The van der Waals surface area contributed by atoms with Gasteiger partial charge in [-0.1, -0.05) is 0 Å². The Bertz CT molecular complexity index is 598. The predicted octanol–water partition coefficient (Wildman–Crippen LogP) is 1.42. The van der Waals surface area contributed by atoms with Gasteiger partial charge in [0, 0.05) is 13.1 Å². The van der Waals surface area contributed by atoms with Crippen molar-refractivity contribution in [2.75, 3.05) is 25.0 Å². The Morgan fingerprint density at radius 1 is 1.38 bits per heavy atom. The monoisotopic (exact) mass is 336 g/mol. The first kappa shape index (κ1) is 18.0. The van der Waals surface area contributed by atoms with Gasteiger partial charge < -0.3 is 25.4 Å². The molecule has 0 bridgehead atoms. The van der Waals surface area contributed by atoms with Gasteiger partial charge in [0.1, 0.15) is 5.60 Å². The van der Waals surface area contributed by atoms with Gasteiger partial charge in [-0.25, -0.2) is 9.78 Å². The van der Waals surface area contributed by atoms with Crippen molar-refractivity contribution in [2.45, 2.75) is 39.3 Å². The molecule has 8 heteroatoms. The lowest BCUT2D eigenvalue weighted by molar-refractivity contribution is -0.118. The number of nitrogens with one attached hydrogen (secondary N) is 3. The number of hydrogen-bond acceptors (Lipinski definition) is 6. The lowest BCUT2D eigenvalue weighted by Crippen LogP contribution is -2.33. The molecule has 3 N–H and O–H groups in total. The zero-order valence-electron chi connectivity index (χ0n) is 14.3. The minimum absolute atomic E-state index is 0.0247. The van der Waals surface area contributed by atoms with E-state index in [1.54, 1.807) is 6.07 Å². The van der Waals surface area contributed by atoms with Gasteiger partial charge in [-0.05, 0) is 45.9 Å². The first-order valence-electron chi connectivity index (χ1n) is 7.93. The first-order valence-corrected chi connectivity index (χ1v) is 7.93. The van der Waals surface area contributed by atoms with Crippen LogP contribution in [0.5, 0.6) is 5.75 Å². The molecule has 0 spiro atoms. The summed E-state index contributed by atoms with van der Waals surface area (Å²) in [6.45, 7) is 7.32. The van der Waals surface area contributed by atoms with Gasteiger partial charge in [-0.15, -0.1) is 0 Å². The lowest BCUT2D eigenvalue weighted by atomic mass is 10.2. The van der Waals surface area contributed by atoms with Crippen molar-refractivity contribution in [2.24, 2.45) is 0 Å². The Morgan fingerprint density at radius 2 is 2.17 bits per heavy atom. The standard InChI is InChI=1S/C16H24N4O4/c1-16(2,3)24-15(22)18-8-4-7-17-9-11-5-6-12-14(19-11)20-13(21)10-23-12/h5-6,17H,4,7-10H2,1-3H3,(H,18,22)(H,19,20,21). The van der Waals surface area contributed by atoms with Crippen LogP contribution in [0.3, 0.4) is 0 Å². The second kappa shape index (κ2) is 7.96. The van der Waals surface area contributed by atoms with Gasteiger partial charge in [-0.2, -0.15) is 0 Å². The average molecular weight is 336 g/mol. The highest BCUT2D eigenvalue weighted by molar-refractivity contribution is 5.94. The number of ether oxygens (including phenoxy) is 2. The summed E-state index contributed by atoms with van der Waals surface area (Å²) in [7, 11) is 0. The summed E-state index contributed by atoms with van der Waals surface area (Å²) in [5.74, 6) is 0.838. The first-order chi connectivity index (χ1) is 11.3. The van der Waals surface area contributed by atoms with E-state index in [0.29, 0.717) is 24.7 Å². The molecule has 132 valence electrons. The molecule has 0 aromatic carbocycles. The van der Waals surface area contributed by atoms with Gasteiger partial charge in [0.25, 0.3) is 5.91 Å². The van der Waals surface area contributed by atoms with Gasteiger partial charge in [0.15, 0.2) is 18.2 Å². The van der Waals surface area contributed by atoms with E-state index in [9.17, 15) is 9.59 Å². The Kier molecular flexibility index (Phi) is 5.97. The zero-order chi connectivity index (χ0) is 17.6. The second-order valence-corrected chi connectivity index (χ2v) is 6.45. The summed E-state index contributed by atoms with van der Waals surface area (Å²) in [6, 6.07) is 3.64. The zero-order valence-corrected chi connectivity index (χ0v) is 14.3. The molecular formula is C16H24N4O4. The fourth-order valence-electron chi connectivity index (χ4n) is 2.04. The maximum Gasteiger partial charge on any atom is 0.407 e. The quantitative estimate of drug-likeness (QED) is 0.679. The van der Waals surface area contributed by atoms with Crippen LogP contribution in [0.2, 0.25) is 0 Å². The number of anilines is 1. The number of nitrogens with zero attached hydrogens (tertiary/aromatic N) is 1. The van der Waals surface area contributed by atoms with Crippen molar-refractivity contribution in [3.05, 3.63) is 17.8 Å². The molecule has 2 amide bonds. The van der Waals surface area contributed by atoms with Crippen LogP contribution in [-0.4, -0.2) is 42.3 Å². The van der Waals surface area contributed by atoms with Crippen LogP contribution in [0.1, 0.15) is 32.9 Å². The van der Waals surface area contributed by atoms with Crippen LogP contribution in [0.15, 0.2) is 12.1 Å². The van der Waals surface area contributed by atoms with Crippen molar-refractivity contribution in [1.82, 2.24) is 15.6 Å². The van der Waals surface area contributed by atoms with Crippen LogP contribution in [0.25, 0.3) is 0 Å². The summed E-state index contributed by atoms with van der Waals surface area (Å²) in [4.78, 5) is 27.1. The number of pyridine rings is 1. The van der Waals surface area contributed by atoms with E-state index in [1.807, 2.05) is 26.8 Å². The smallest absolute Gasteiger partial charge is 0.407 e. The number of carbonyl (C=O) groups is 2. The fourth-order valence-corrected chi connectivity index (χ4v) is 2.04. The molecular weight excluding hydrogens is 312 g/mol. The summed E-state index contributed by atoms with van der Waals surface area (Å²) in [5, 5.41) is 8.61. The summed E-state index contributed by atoms with van der Waals surface area (Å²) < 4.78 is 10.4. The van der Waals surface area contributed by atoms with E-state index in [4.69, 9.17) is 9.47 Å². The Labute approximate surface area is 141 Å². The molecule has 0 radical (unpaired) electrons. The SMILES string of the molecule is CC(C)(C)OC(=O)NCCCNCc1ccc2c(n1)NC(=O)CO2. The largest absolute Gasteiger partial charge is 0.480 e. The molecule has 8 nitrogen and oxygen atoms in total. The number of carbonyl (C=O) groups excluding carboxylic acids is 2. The van der Waals surface area contributed by atoms with Crippen LogP contribution in [0.4, 0.5) is 10.6 Å². The topological polar surface area (TPSA) is 102 Å². The molecule has 1 aliphatic rings. The van der Waals surface area contributed by atoms with Gasteiger partial charge in [0.2, 0.25) is 0 Å². The van der Waals surface area contributed by atoms with E-state index >= 15 is 0 Å². The summed E-state index contributed by atoms with van der Waals surface area (Å²) in [6.07, 6.45) is 0.360. The number of amides is 2. The van der Waals surface area contributed by atoms with Crippen LogP contribution in [0, 0.1) is 0 Å². The predicted molar refractivity (Wildman–Crippen MR) is 88.9 cm³/mol. The average Bonchev–Trinajstić information content (AvgIpc) is 2.48. The molecule has 0 fully saturated rings. The van der Waals surface area contributed by atoms with Gasteiger partial charge in [0.05, 0.1) is 5.69 Å². The minimum atomic E-state index is -0.487. The summed E-state index contributed by atoms with van der Waals surface area (Å²) in [5.41, 5.74) is 0.319. The van der Waals surface area contributed by atoms with E-state index in [2.05, 4.69) is 20.9 Å². The highest BCUT2D eigenvalue weighted by atomic mass is 16.6. The van der Waals surface area contributed by atoms with Gasteiger partial charge >= 0.3 is 6.09 Å². The third-order valence-electron chi connectivity index (χ3n) is 3.04. The molecule has 0 aliphatic carbocycles. The lowest BCUT2D eigenvalue weighted by Gasteiger charge is -2.19. The van der Waals surface area contributed by atoms with Gasteiger partial charge in [-0.3, -0.25) is 4.79 Å². The Balaban J connectivity index is 1.64. The number of hydrogen-bond donors (Lipinski definition) is 3. The highest BCUT2D eigenvalue weighted by Crippen LogP contribution is 2.25. The molecule has 2 rings (SSSR count). The van der Waals surface area contributed by atoms with Crippen molar-refractivity contribution >= 4 is 17.8 Å². The van der Waals surface area contributed by atoms with Crippen LogP contribution < -0.4 is 20.7 Å². The number of aromatic nitrogens is 1. The molecule has 0 saturated carbocycles. The molecule has 1 aliphatic heterocycles. The minimum Gasteiger partial charge on any atom is -0.480 e. The fraction of sp³-hybridized carbons (Fsp3) is 0.562. The molecule has 1 aromatic heterocycles. The molecule has 24 heavy (non-hydrogen) atoms. The maximum atomic E-state index is 11.5. The molecule has 0 saturated heterocycles. The highest BCUT2D eigenvalue weighted by Gasteiger charge is 2.17. The number of rotatable bonds is 6. The Hall–Kier alpha value is -2.35. The molecule has 1 aromatic rings. The van der Waals surface area contributed by atoms with Crippen molar-refractivity contribution in [1.29, 1.82) is 0 Å². The van der Waals surface area contributed by atoms with Crippen molar-refractivity contribution in [3.63, 3.8) is 0 Å². The normalized spacial score (nSPS) is 13.5. The van der Waals surface area contributed by atoms with E-state index in [1.165, 1.54) is 0 Å². The number of fused-ring (bicyclic) bond motifs is 1. The summed E-state index contributed by atoms with van der Waals surface area (Å²) >= 11 is 0. The third kappa shape index (κ3) is 6.04. The Morgan fingerprint density at radius 3 is 2.92 bits per heavy atom. The second-order valence-electron chi connectivity index (χ2n) is 6.45. The number of alkyl carbamates (subject to hydrolysis) is 1. The third-order valence-corrected chi connectivity index (χ3v) is 3.04. The van der Waals surface area contributed by atoms with Crippen LogP contribution >= 0.6 is 0 Å². The molecule has 0 atom stereocenters. The van der Waals surface area contributed by atoms with Crippen molar-refractivity contribution in [3.8, 4) is 5.75 Å². The van der Waals surface area contributed by atoms with Crippen molar-refractivity contribution < 1.29 is 19.1 Å². The molecule has 0 unspecified atom stereocenters. The maximum absolute atomic E-state index is 11.5. The van der Waals surface area contributed by atoms with E-state index in [-0.39, 0.29) is 12.5 Å². The van der Waals surface area contributed by atoms with E-state index in [0.717, 1.165) is 18.7 Å². The molecule has 2 heterocycles.